The van der Waals surface area contributed by atoms with Crippen LogP contribution in [0.2, 0.25) is 0 Å². The van der Waals surface area contributed by atoms with Crippen molar-refractivity contribution in [3.63, 3.8) is 0 Å². The van der Waals surface area contributed by atoms with E-state index in [9.17, 15) is 4.79 Å². The number of methoxy groups -OCH3 is 1. The lowest BCUT2D eigenvalue weighted by molar-refractivity contribution is -0.121. The first-order chi connectivity index (χ1) is 12.6. The van der Waals surface area contributed by atoms with E-state index in [1.807, 2.05) is 36.4 Å². The van der Waals surface area contributed by atoms with Crippen LogP contribution in [0.5, 0.6) is 11.5 Å². The van der Waals surface area contributed by atoms with Crippen LogP contribution in [-0.4, -0.2) is 37.1 Å². The summed E-state index contributed by atoms with van der Waals surface area (Å²) in [5.74, 6) is 1.78. The molecule has 0 radical (unpaired) electrons. The maximum absolute atomic E-state index is 12.7. The Hall–Kier alpha value is -1.70. The second kappa shape index (κ2) is 8.79. The average Bonchev–Trinajstić information content (AvgIpc) is 2.67. The number of hydrogen-bond acceptors (Lipinski definition) is 5. The standard InChI is InChI=1S/C19H20BrNO4S/c1-24-15-3-5-17-12(9-15)8-13(11-25-17)19(23)21-16-4-2-14(20)10-18(16)26-7-6-22/h2-5,9-10,13,22H,6-8,11H2,1H3,(H,21,23)/t13-/m1/s1. The number of amides is 1. The number of aliphatic hydroxyl groups excluding tert-OH is 1. The molecule has 1 aliphatic heterocycles. The highest BCUT2D eigenvalue weighted by molar-refractivity contribution is 9.10. The zero-order chi connectivity index (χ0) is 18.5. The van der Waals surface area contributed by atoms with Crippen molar-refractivity contribution in [1.82, 2.24) is 0 Å². The van der Waals surface area contributed by atoms with Gasteiger partial charge < -0.3 is 19.9 Å². The molecule has 26 heavy (non-hydrogen) atoms. The fourth-order valence-corrected chi connectivity index (χ4v) is 4.08. The first-order valence-corrected chi connectivity index (χ1v) is 10.0. The Morgan fingerprint density at radius 1 is 1.38 bits per heavy atom. The van der Waals surface area contributed by atoms with Crippen LogP contribution in [0.15, 0.2) is 45.8 Å². The molecule has 2 N–H and O–H groups in total. The van der Waals surface area contributed by atoms with Gasteiger partial charge in [-0.2, -0.15) is 0 Å². The van der Waals surface area contributed by atoms with Crippen LogP contribution in [0.4, 0.5) is 5.69 Å². The fraction of sp³-hybridized carbons (Fsp3) is 0.316. The summed E-state index contributed by atoms with van der Waals surface area (Å²) in [6, 6.07) is 11.3. The molecule has 1 atom stereocenters. The second-order valence-corrected chi connectivity index (χ2v) is 7.94. The molecular formula is C19H20BrNO4S. The SMILES string of the molecule is COc1ccc2c(c1)C[C@@H](C(=O)Nc1ccc(Br)cc1SCCO)CO2. The summed E-state index contributed by atoms with van der Waals surface area (Å²) in [5.41, 5.74) is 1.72. The minimum atomic E-state index is -0.269. The number of hydrogen-bond donors (Lipinski definition) is 2. The lowest BCUT2D eigenvalue weighted by atomic mass is 9.95. The summed E-state index contributed by atoms with van der Waals surface area (Å²) in [6.45, 7) is 0.431. The van der Waals surface area contributed by atoms with Crippen molar-refractivity contribution in [2.24, 2.45) is 5.92 Å². The van der Waals surface area contributed by atoms with E-state index in [0.29, 0.717) is 18.8 Å². The van der Waals surface area contributed by atoms with E-state index < -0.39 is 0 Å². The number of ether oxygens (including phenoxy) is 2. The third-order valence-electron chi connectivity index (χ3n) is 4.10. The number of thioether (sulfide) groups is 1. The van der Waals surface area contributed by atoms with Crippen molar-refractivity contribution in [2.75, 3.05) is 31.4 Å². The quantitative estimate of drug-likeness (QED) is 0.673. The first kappa shape index (κ1) is 19.1. The molecule has 0 spiro atoms. The van der Waals surface area contributed by atoms with Crippen LogP contribution in [0.25, 0.3) is 0 Å². The van der Waals surface area contributed by atoms with E-state index in [-0.39, 0.29) is 18.4 Å². The summed E-state index contributed by atoms with van der Waals surface area (Å²) in [5, 5.41) is 12.1. The molecule has 0 aromatic heterocycles. The third kappa shape index (κ3) is 4.52. The number of carbonyl (C=O) groups excluding carboxylic acids is 1. The summed E-state index contributed by atoms with van der Waals surface area (Å²) < 4.78 is 11.9. The van der Waals surface area contributed by atoms with Crippen molar-refractivity contribution in [1.29, 1.82) is 0 Å². The highest BCUT2D eigenvalue weighted by Crippen LogP contribution is 2.33. The molecule has 1 amide bonds. The topological polar surface area (TPSA) is 67.8 Å². The number of aliphatic hydroxyl groups is 1. The number of rotatable bonds is 6. The van der Waals surface area contributed by atoms with Crippen LogP contribution in [0.1, 0.15) is 5.56 Å². The molecule has 1 heterocycles. The Labute approximate surface area is 165 Å². The Bertz CT molecular complexity index is 799. The second-order valence-electron chi connectivity index (χ2n) is 5.89. The normalized spacial score (nSPS) is 15.7. The van der Waals surface area contributed by atoms with Crippen molar-refractivity contribution < 1.29 is 19.4 Å². The largest absolute Gasteiger partial charge is 0.497 e. The summed E-state index contributed by atoms with van der Waals surface area (Å²) >= 11 is 4.94. The van der Waals surface area contributed by atoms with Crippen molar-refractivity contribution in [2.45, 2.75) is 11.3 Å². The van der Waals surface area contributed by atoms with E-state index in [4.69, 9.17) is 14.6 Å². The van der Waals surface area contributed by atoms with Gasteiger partial charge in [0, 0.05) is 15.1 Å². The van der Waals surface area contributed by atoms with E-state index >= 15 is 0 Å². The van der Waals surface area contributed by atoms with Crippen molar-refractivity contribution in [3.8, 4) is 11.5 Å². The molecule has 138 valence electrons. The average molecular weight is 438 g/mol. The highest BCUT2D eigenvalue weighted by atomic mass is 79.9. The van der Waals surface area contributed by atoms with Gasteiger partial charge in [-0.1, -0.05) is 15.9 Å². The lowest BCUT2D eigenvalue weighted by Gasteiger charge is -2.25. The number of anilines is 1. The molecule has 0 aliphatic carbocycles. The van der Waals surface area contributed by atoms with Crippen molar-refractivity contribution in [3.05, 3.63) is 46.4 Å². The van der Waals surface area contributed by atoms with E-state index in [1.165, 1.54) is 11.8 Å². The molecule has 7 heteroatoms. The van der Waals surface area contributed by atoms with Crippen LogP contribution in [0, 0.1) is 5.92 Å². The maximum atomic E-state index is 12.7. The van der Waals surface area contributed by atoms with Gasteiger partial charge in [-0.25, -0.2) is 0 Å². The molecule has 2 aromatic rings. The maximum Gasteiger partial charge on any atom is 0.231 e. The Balaban J connectivity index is 1.72. The van der Waals surface area contributed by atoms with E-state index in [1.54, 1.807) is 7.11 Å². The van der Waals surface area contributed by atoms with E-state index in [2.05, 4.69) is 21.2 Å². The zero-order valence-electron chi connectivity index (χ0n) is 14.3. The Morgan fingerprint density at radius 2 is 2.23 bits per heavy atom. The van der Waals surface area contributed by atoms with Gasteiger partial charge in [-0.05, 0) is 48.4 Å². The fourth-order valence-electron chi connectivity index (χ4n) is 2.78. The third-order valence-corrected chi connectivity index (χ3v) is 5.62. The highest BCUT2D eigenvalue weighted by Gasteiger charge is 2.27. The predicted octanol–water partition coefficient (Wildman–Crippen LogP) is 3.73. The van der Waals surface area contributed by atoms with Gasteiger partial charge in [-0.3, -0.25) is 4.79 Å². The number of halogens is 1. The number of benzene rings is 2. The van der Waals surface area contributed by atoms with Gasteiger partial charge in [0.1, 0.15) is 18.1 Å². The van der Waals surface area contributed by atoms with Gasteiger partial charge >= 0.3 is 0 Å². The molecule has 0 fully saturated rings. The molecule has 2 aromatic carbocycles. The number of carbonyl (C=O) groups is 1. The molecule has 0 saturated heterocycles. The Kier molecular flexibility index (Phi) is 6.45. The molecule has 1 aliphatic rings. The molecule has 5 nitrogen and oxygen atoms in total. The van der Waals surface area contributed by atoms with Crippen LogP contribution >= 0.6 is 27.7 Å². The summed E-state index contributed by atoms with van der Waals surface area (Å²) in [4.78, 5) is 13.7. The van der Waals surface area contributed by atoms with Gasteiger partial charge in [-0.15, -0.1) is 11.8 Å². The van der Waals surface area contributed by atoms with Crippen LogP contribution in [0.3, 0.4) is 0 Å². The smallest absolute Gasteiger partial charge is 0.231 e. The monoisotopic (exact) mass is 437 g/mol. The molecule has 0 unspecified atom stereocenters. The molecule has 0 bridgehead atoms. The van der Waals surface area contributed by atoms with Crippen molar-refractivity contribution >= 4 is 39.3 Å². The zero-order valence-corrected chi connectivity index (χ0v) is 16.7. The molecule has 0 saturated carbocycles. The van der Waals surface area contributed by atoms with Crippen LogP contribution < -0.4 is 14.8 Å². The van der Waals surface area contributed by atoms with Gasteiger partial charge in [0.15, 0.2) is 0 Å². The van der Waals surface area contributed by atoms with Crippen LogP contribution in [-0.2, 0) is 11.2 Å². The molecule has 3 rings (SSSR count). The lowest BCUT2D eigenvalue weighted by Crippen LogP contribution is -2.32. The predicted molar refractivity (Wildman–Crippen MR) is 106 cm³/mol. The summed E-state index contributed by atoms with van der Waals surface area (Å²) in [6.07, 6.45) is 0.605. The van der Waals surface area contributed by atoms with Gasteiger partial charge in [0.25, 0.3) is 0 Å². The summed E-state index contributed by atoms with van der Waals surface area (Å²) in [7, 11) is 1.62. The number of nitrogens with one attached hydrogen (secondary N) is 1. The minimum Gasteiger partial charge on any atom is -0.497 e. The first-order valence-electron chi connectivity index (χ1n) is 8.24. The Morgan fingerprint density at radius 3 is 3.00 bits per heavy atom. The van der Waals surface area contributed by atoms with Gasteiger partial charge in [0.2, 0.25) is 5.91 Å². The van der Waals surface area contributed by atoms with E-state index in [0.717, 1.165) is 32.1 Å². The molecular weight excluding hydrogens is 418 g/mol. The minimum absolute atomic E-state index is 0.0772. The van der Waals surface area contributed by atoms with Gasteiger partial charge in [0.05, 0.1) is 25.3 Å². The number of fused-ring (bicyclic) bond motifs is 1.